The highest BCUT2D eigenvalue weighted by Crippen LogP contribution is 2.31. The van der Waals surface area contributed by atoms with Crippen LogP contribution >= 0.6 is 22.9 Å². The lowest BCUT2D eigenvalue weighted by molar-refractivity contribution is 0.552. The minimum absolute atomic E-state index is 0.174. The van der Waals surface area contributed by atoms with Crippen molar-refractivity contribution < 1.29 is 0 Å². The second-order valence-electron chi connectivity index (χ2n) is 4.82. The molecular weight excluding hydrogens is 294 g/mol. The van der Waals surface area contributed by atoms with Gasteiger partial charge in [-0.1, -0.05) is 19.9 Å². The Balaban J connectivity index is 2.00. The van der Waals surface area contributed by atoms with E-state index in [0.717, 1.165) is 5.52 Å². The summed E-state index contributed by atoms with van der Waals surface area (Å²) in [5.74, 6) is 1.10. The third-order valence-corrected chi connectivity index (χ3v) is 4.19. The predicted octanol–water partition coefficient (Wildman–Crippen LogP) is 3.88. The van der Waals surface area contributed by atoms with Gasteiger partial charge < -0.3 is 10.3 Å². The Morgan fingerprint density at radius 3 is 2.90 bits per heavy atom. The molecule has 0 fully saturated rings. The molecule has 0 saturated heterocycles. The number of hydrogen-bond acceptors (Lipinski definition) is 5. The van der Waals surface area contributed by atoms with Crippen molar-refractivity contribution in [3.05, 3.63) is 34.0 Å². The van der Waals surface area contributed by atoms with E-state index in [9.17, 15) is 0 Å². The summed E-state index contributed by atoms with van der Waals surface area (Å²) in [5, 5.41) is 5.72. The molecule has 0 spiro atoms. The Morgan fingerprint density at radius 2 is 2.20 bits per heavy atom. The van der Waals surface area contributed by atoms with E-state index >= 15 is 0 Å². The number of anilines is 1. The maximum Gasteiger partial charge on any atom is 0.226 e. The topological polar surface area (TPSA) is 66.5 Å². The molecule has 1 atom stereocenters. The third-order valence-electron chi connectivity index (χ3n) is 3.07. The molecule has 2 N–H and O–H groups in total. The predicted molar refractivity (Wildman–Crippen MR) is 82.2 cm³/mol. The zero-order valence-corrected chi connectivity index (χ0v) is 12.7. The maximum atomic E-state index is 5.96. The Labute approximate surface area is 125 Å². The average Bonchev–Trinajstić information content (AvgIpc) is 3.05. The minimum Gasteiger partial charge on any atom is -0.360 e. The molecule has 3 aromatic heterocycles. The maximum absolute atomic E-state index is 5.96. The highest BCUT2D eigenvalue weighted by molar-refractivity contribution is 7.10. The zero-order chi connectivity index (χ0) is 14.1. The van der Waals surface area contributed by atoms with Gasteiger partial charge in [0, 0.05) is 4.88 Å². The number of imidazole rings is 1. The van der Waals surface area contributed by atoms with Crippen molar-refractivity contribution in [3.63, 3.8) is 0 Å². The Hall–Kier alpha value is -1.66. The fourth-order valence-electron chi connectivity index (χ4n) is 2.09. The normalized spacial score (nSPS) is 13.0. The first kappa shape index (κ1) is 13.3. The molecule has 0 aliphatic carbocycles. The number of rotatable bonds is 4. The van der Waals surface area contributed by atoms with Gasteiger partial charge >= 0.3 is 0 Å². The first-order valence-electron chi connectivity index (χ1n) is 6.31. The van der Waals surface area contributed by atoms with Crippen LogP contribution in [0.2, 0.25) is 5.28 Å². The van der Waals surface area contributed by atoms with E-state index in [4.69, 9.17) is 11.6 Å². The molecule has 0 radical (unpaired) electrons. The molecule has 0 bridgehead atoms. The summed E-state index contributed by atoms with van der Waals surface area (Å²) in [6.07, 6.45) is 1.59. The molecule has 3 rings (SSSR count). The monoisotopic (exact) mass is 307 g/mol. The summed E-state index contributed by atoms with van der Waals surface area (Å²) >= 11 is 7.68. The number of halogens is 1. The standard InChI is InChI=1S/C13H14ClN5S/c1-7(2)9(8-4-3-5-20-8)17-12-10-11(16-6-15-10)18-13(14)19-12/h3-7,9H,1-2H3,(H2,15,16,17,18,19). The zero-order valence-electron chi connectivity index (χ0n) is 11.1. The number of nitrogens with zero attached hydrogens (tertiary/aromatic N) is 3. The van der Waals surface area contributed by atoms with Crippen LogP contribution in [0.25, 0.3) is 11.2 Å². The summed E-state index contributed by atoms with van der Waals surface area (Å²) in [4.78, 5) is 16.8. The second-order valence-corrected chi connectivity index (χ2v) is 6.14. The van der Waals surface area contributed by atoms with Crippen molar-refractivity contribution in [2.45, 2.75) is 19.9 Å². The van der Waals surface area contributed by atoms with Gasteiger partial charge in [-0.25, -0.2) is 4.98 Å². The summed E-state index contributed by atoms with van der Waals surface area (Å²) < 4.78 is 0. The van der Waals surface area contributed by atoms with E-state index in [2.05, 4.69) is 56.6 Å². The Kier molecular flexibility index (Phi) is 3.58. The van der Waals surface area contributed by atoms with Crippen LogP contribution in [0, 0.1) is 5.92 Å². The quantitative estimate of drug-likeness (QED) is 0.718. The molecule has 0 aliphatic rings. The van der Waals surface area contributed by atoms with Gasteiger partial charge in [0.15, 0.2) is 11.5 Å². The van der Waals surface area contributed by atoms with Gasteiger partial charge in [0.1, 0.15) is 5.52 Å². The van der Waals surface area contributed by atoms with E-state index in [-0.39, 0.29) is 11.3 Å². The average molecular weight is 308 g/mol. The van der Waals surface area contributed by atoms with E-state index in [1.165, 1.54) is 4.88 Å². The highest BCUT2D eigenvalue weighted by atomic mass is 35.5. The minimum atomic E-state index is 0.174. The molecule has 0 saturated carbocycles. The number of hydrogen-bond donors (Lipinski definition) is 2. The SMILES string of the molecule is CC(C)C(Nc1nc(Cl)nc2nc[nH]c12)c1cccs1. The molecular formula is C13H14ClN5S. The van der Waals surface area contributed by atoms with Crippen molar-refractivity contribution in [2.75, 3.05) is 5.32 Å². The van der Waals surface area contributed by atoms with Crippen LogP contribution in [0.3, 0.4) is 0 Å². The van der Waals surface area contributed by atoms with Crippen molar-refractivity contribution >= 4 is 39.9 Å². The summed E-state index contributed by atoms with van der Waals surface area (Å²) in [6.45, 7) is 4.34. The van der Waals surface area contributed by atoms with Crippen LogP contribution in [0.15, 0.2) is 23.8 Å². The largest absolute Gasteiger partial charge is 0.360 e. The number of H-pyrrole nitrogens is 1. The molecule has 20 heavy (non-hydrogen) atoms. The Morgan fingerprint density at radius 1 is 1.35 bits per heavy atom. The van der Waals surface area contributed by atoms with E-state index in [0.29, 0.717) is 17.4 Å². The molecule has 3 heterocycles. The molecule has 0 amide bonds. The molecule has 3 aromatic rings. The number of aromatic nitrogens is 4. The molecule has 1 unspecified atom stereocenters. The van der Waals surface area contributed by atoms with Crippen LogP contribution in [0.4, 0.5) is 5.82 Å². The highest BCUT2D eigenvalue weighted by Gasteiger charge is 2.19. The van der Waals surface area contributed by atoms with Gasteiger partial charge in [0.25, 0.3) is 0 Å². The Bertz CT molecular complexity index is 707. The second kappa shape index (κ2) is 5.38. The number of aromatic amines is 1. The van der Waals surface area contributed by atoms with Crippen molar-refractivity contribution in [2.24, 2.45) is 5.92 Å². The van der Waals surface area contributed by atoms with Crippen LogP contribution in [-0.4, -0.2) is 19.9 Å². The fourth-order valence-corrected chi connectivity index (χ4v) is 3.21. The molecule has 0 aliphatic heterocycles. The molecule has 0 aromatic carbocycles. The van der Waals surface area contributed by atoms with Crippen molar-refractivity contribution in [3.8, 4) is 0 Å². The van der Waals surface area contributed by atoms with Crippen molar-refractivity contribution in [1.82, 2.24) is 19.9 Å². The number of nitrogens with one attached hydrogen (secondary N) is 2. The first-order chi connectivity index (χ1) is 9.65. The van der Waals surface area contributed by atoms with E-state index < -0.39 is 0 Å². The van der Waals surface area contributed by atoms with Gasteiger partial charge in [-0.3, -0.25) is 0 Å². The lowest BCUT2D eigenvalue weighted by atomic mass is 10.0. The smallest absolute Gasteiger partial charge is 0.226 e. The van der Waals surface area contributed by atoms with Gasteiger partial charge in [0.05, 0.1) is 12.4 Å². The fraction of sp³-hybridized carbons (Fsp3) is 0.308. The van der Waals surface area contributed by atoms with Crippen LogP contribution in [0.5, 0.6) is 0 Å². The number of fused-ring (bicyclic) bond motifs is 1. The summed E-state index contributed by atoms with van der Waals surface area (Å²) in [7, 11) is 0. The molecule has 104 valence electrons. The van der Waals surface area contributed by atoms with Gasteiger partial charge in [-0.05, 0) is 29.0 Å². The van der Waals surface area contributed by atoms with E-state index in [1.54, 1.807) is 17.7 Å². The first-order valence-corrected chi connectivity index (χ1v) is 7.57. The van der Waals surface area contributed by atoms with Crippen LogP contribution in [0.1, 0.15) is 24.8 Å². The van der Waals surface area contributed by atoms with Crippen molar-refractivity contribution in [1.29, 1.82) is 0 Å². The summed E-state index contributed by atoms with van der Waals surface area (Å²) in [6, 6.07) is 4.35. The van der Waals surface area contributed by atoms with E-state index in [1.807, 2.05) is 0 Å². The number of thiophene rings is 1. The van der Waals surface area contributed by atoms with Crippen LogP contribution < -0.4 is 5.32 Å². The van der Waals surface area contributed by atoms with Crippen LogP contribution in [-0.2, 0) is 0 Å². The lowest BCUT2D eigenvalue weighted by Crippen LogP contribution is -2.17. The van der Waals surface area contributed by atoms with Gasteiger partial charge in [-0.15, -0.1) is 11.3 Å². The third kappa shape index (κ3) is 2.48. The lowest BCUT2D eigenvalue weighted by Gasteiger charge is -2.22. The molecule has 7 heteroatoms. The van der Waals surface area contributed by atoms with Gasteiger partial charge in [0.2, 0.25) is 5.28 Å². The van der Waals surface area contributed by atoms with Gasteiger partial charge in [-0.2, -0.15) is 9.97 Å². The summed E-state index contributed by atoms with van der Waals surface area (Å²) in [5.41, 5.74) is 1.35. The molecule has 5 nitrogen and oxygen atoms in total.